The summed E-state index contributed by atoms with van der Waals surface area (Å²) in [5.41, 5.74) is 8.46. The summed E-state index contributed by atoms with van der Waals surface area (Å²) in [5.74, 6) is -5.25. The lowest BCUT2D eigenvalue weighted by molar-refractivity contribution is -0.134. The van der Waals surface area contributed by atoms with E-state index >= 15 is 0 Å². The molecule has 0 bridgehead atoms. The minimum absolute atomic E-state index is 0.00829. The van der Waals surface area contributed by atoms with E-state index in [0.29, 0.717) is 11.3 Å². The van der Waals surface area contributed by atoms with E-state index in [4.69, 9.17) is 5.73 Å². The molecule has 1 saturated heterocycles. The number of imidazole rings is 1. The van der Waals surface area contributed by atoms with E-state index < -0.39 is 78.1 Å². The Balaban J connectivity index is 1.24. The van der Waals surface area contributed by atoms with Crippen LogP contribution in [-0.4, -0.2) is 106 Å². The number of H-pyrrole nitrogens is 2. The second kappa shape index (κ2) is 22.2. The highest BCUT2D eigenvalue weighted by Crippen LogP contribution is 2.27. The predicted octanol–water partition coefficient (Wildman–Crippen LogP) is -0.175. The van der Waals surface area contributed by atoms with Crippen LogP contribution in [-0.2, 0) is 57.6 Å². The molecule has 19 nitrogen and oxygen atoms in total. The van der Waals surface area contributed by atoms with Crippen LogP contribution in [0.3, 0.4) is 0 Å². The van der Waals surface area contributed by atoms with E-state index in [0.717, 1.165) is 42.1 Å². The van der Waals surface area contributed by atoms with Crippen LogP contribution >= 0.6 is 0 Å². The van der Waals surface area contributed by atoms with Crippen molar-refractivity contribution in [3.8, 4) is 0 Å². The number of primary amides is 1. The molecule has 1 aliphatic carbocycles. The molecular formula is C44H55N11O8. The molecule has 2 aromatic carbocycles. The van der Waals surface area contributed by atoms with Crippen LogP contribution in [0.15, 0.2) is 73.3 Å². The molecule has 3 unspecified atom stereocenters. The van der Waals surface area contributed by atoms with Crippen LogP contribution in [0.5, 0.6) is 0 Å². The highest BCUT2D eigenvalue weighted by atomic mass is 16.2. The largest absolute Gasteiger partial charge is 0.368 e. The number of para-hydroxylation sites is 1. The first-order chi connectivity index (χ1) is 30.4. The first kappa shape index (κ1) is 45.5. The van der Waals surface area contributed by atoms with Crippen molar-refractivity contribution in [3.05, 3.63) is 90.1 Å². The van der Waals surface area contributed by atoms with E-state index in [1.54, 1.807) is 36.5 Å². The number of hydrogen-bond acceptors (Lipinski definition) is 9. The van der Waals surface area contributed by atoms with Crippen LogP contribution < -0.4 is 43.0 Å². The summed E-state index contributed by atoms with van der Waals surface area (Å²) in [6, 6.07) is 10.1. The minimum Gasteiger partial charge on any atom is -0.368 e. The molecule has 1 saturated carbocycles. The van der Waals surface area contributed by atoms with Crippen LogP contribution in [0, 0.1) is 5.92 Å². The third-order valence-electron chi connectivity index (χ3n) is 11.4. The molecule has 11 N–H and O–H groups in total. The zero-order valence-corrected chi connectivity index (χ0v) is 34.9. The monoisotopic (exact) mass is 865 g/mol. The number of aromatic amines is 2. The summed E-state index contributed by atoms with van der Waals surface area (Å²) in [6.07, 6.45) is 8.11. The quantitative estimate of drug-likeness (QED) is 0.0903. The van der Waals surface area contributed by atoms with Gasteiger partial charge in [0.1, 0.15) is 30.2 Å². The molecule has 4 aromatic rings. The molecule has 0 spiro atoms. The Labute approximate surface area is 363 Å². The van der Waals surface area contributed by atoms with Gasteiger partial charge in [-0.3, -0.25) is 38.4 Å². The summed E-state index contributed by atoms with van der Waals surface area (Å²) in [7, 11) is 0. The van der Waals surface area contributed by atoms with Crippen LogP contribution in [0.1, 0.15) is 68.2 Å². The Kier molecular flexibility index (Phi) is 16.0. The summed E-state index contributed by atoms with van der Waals surface area (Å²) in [5, 5.41) is 19.6. The summed E-state index contributed by atoms with van der Waals surface area (Å²) in [6.45, 7) is -0.733. The van der Waals surface area contributed by atoms with Crippen molar-refractivity contribution in [3.63, 3.8) is 0 Å². The molecule has 5 atom stereocenters. The smallest absolute Gasteiger partial charge is 0.243 e. The first-order valence-corrected chi connectivity index (χ1v) is 21.3. The van der Waals surface area contributed by atoms with Crippen LogP contribution in [0.4, 0.5) is 0 Å². The molecule has 6 rings (SSSR count). The van der Waals surface area contributed by atoms with Crippen molar-refractivity contribution in [2.24, 2.45) is 11.7 Å². The molecule has 2 aliphatic rings. The lowest BCUT2D eigenvalue weighted by atomic mass is 10.0. The molecular weight excluding hydrogens is 811 g/mol. The maximum atomic E-state index is 14.1. The Bertz CT molecular complexity index is 2240. The summed E-state index contributed by atoms with van der Waals surface area (Å²) < 4.78 is 0. The highest BCUT2D eigenvalue weighted by Gasteiger charge is 2.33. The molecule has 63 heavy (non-hydrogen) atoms. The molecule has 2 aromatic heterocycles. The molecule has 8 amide bonds. The van der Waals surface area contributed by atoms with Gasteiger partial charge in [0.05, 0.1) is 12.9 Å². The van der Waals surface area contributed by atoms with Gasteiger partial charge >= 0.3 is 0 Å². The van der Waals surface area contributed by atoms with Gasteiger partial charge in [-0.05, 0) is 48.8 Å². The van der Waals surface area contributed by atoms with Gasteiger partial charge in [0.25, 0.3) is 0 Å². The fourth-order valence-electron chi connectivity index (χ4n) is 7.97. The number of carbonyl (C=O) groups is 8. The Hall–Kier alpha value is -7.05. The average Bonchev–Trinajstić information content (AvgIpc) is 4.07. The predicted molar refractivity (Wildman–Crippen MR) is 230 cm³/mol. The normalized spacial score (nSPS) is 21.6. The number of hydrogen-bond donors (Lipinski definition) is 10. The average molecular weight is 866 g/mol. The zero-order valence-electron chi connectivity index (χ0n) is 34.9. The van der Waals surface area contributed by atoms with E-state index in [1.165, 1.54) is 12.5 Å². The number of aromatic nitrogens is 3. The minimum atomic E-state index is -1.31. The van der Waals surface area contributed by atoms with Gasteiger partial charge in [0.15, 0.2) is 0 Å². The van der Waals surface area contributed by atoms with Gasteiger partial charge in [0, 0.05) is 67.6 Å². The zero-order chi connectivity index (χ0) is 44.7. The molecule has 3 heterocycles. The number of rotatable bonds is 12. The first-order valence-electron chi connectivity index (χ1n) is 21.3. The maximum Gasteiger partial charge on any atom is 0.243 e. The lowest BCUT2D eigenvalue weighted by Crippen LogP contribution is -2.58. The van der Waals surface area contributed by atoms with E-state index in [1.807, 2.05) is 24.3 Å². The van der Waals surface area contributed by atoms with Gasteiger partial charge in [-0.2, -0.15) is 0 Å². The summed E-state index contributed by atoms with van der Waals surface area (Å²) >= 11 is 0. The number of benzene rings is 2. The lowest BCUT2D eigenvalue weighted by Gasteiger charge is -2.25. The number of carbonyl (C=O) groups excluding carboxylic acids is 8. The van der Waals surface area contributed by atoms with E-state index in [2.05, 4.69) is 52.2 Å². The number of nitrogens with two attached hydrogens (primary N) is 1. The summed E-state index contributed by atoms with van der Waals surface area (Å²) in [4.78, 5) is 118. The fourth-order valence-corrected chi connectivity index (χ4v) is 7.97. The van der Waals surface area contributed by atoms with Crippen molar-refractivity contribution in [1.82, 2.24) is 52.2 Å². The van der Waals surface area contributed by atoms with Gasteiger partial charge in [-0.15, -0.1) is 0 Å². The van der Waals surface area contributed by atoms with Crippen LogP contribution in [0.2, 0.25) is 0 Å². The van der Waals surface area contributed by atoms with E-state index in [-0.39, 0.29) is 63.3 Å². The Morgan fingerprint density at radius 1 is 0.778 bits per heavy atom. The van der Waals surface area contributed by atoms with Gasteiger partial charge in [-0.25, -0.2) is 4.98 Å². The SMILES string of the molecule is NC(=O)[C@H](Cc1c[nH]c2ccccc12)NC(=O)C1CCNC(=O)CCC(NC(=O)CC2CCCC2)C(=O)N[C@@H](Cc2cnc[nH]2)C(=O)NC(Cc2ccccc2)C(=O)NCC(=O)N1. The van der Waals surface area contributed by atoms with Crippen molar-refractivity contribution in [1.29, 1.82) is 0 Å². The highest BCUT2D eigenvalue weighted by molar-refractivity contribution is 5.97. The number of nitrogens with zero attached hydrogens (tertiary/aromatic N) is 1. The third-order valence-corrected chi connectivity index (χ3v) is 11.4. The molecule has 2 fully saturated rings. The Morgan fingerprint density at radius 3 is 2.25 bits per heavy atom. The fraction of sp³-hybridized carbons (Fsp3) is 0.432. The maximum absolute atomic E-state index is 14.1. The molecule has 334 valence electrons. The number of fused-ring (bicyclic) bond motifs is 1. The van der Waals surface area contributed by atoms with Crippen molar-refractivity contribution in [2.45, 2.75) is 101 Å². The van der Waals surface area contributed by atoms with Crippen molar-refractivity contribution in [2.75, 3.05) is 13.1 Å². The Morgan fingerprint density at radius 2 is 1.51 bits per heavy atom. The number of nitrogens with one attached hydrogen (secondary N) is 9. The second-order valence-corrected chi connectivity index (χ2v) is 16.1. The number of amides is 8. The molecule has 0 radical (unpaired) electrons. The third kappa shape index (κ3) is 13.5. The standard InChI is InChI=1S/C44H55N11O8/c45-40(59)34(20-28-22-48-31-13-7-6-12-30(28)31)53-43(62)33-16-17-47-37(56)15-14-32(51-38(57)19-27-10-4-5-11-27)42(61)55-36(21-29-23-46-25-50-29)44(63)54-35(18-26-8-2-1-3-9-26)41(60)49-24-39(58)52-33/h1-3,6-9,12-13,22-23,25,27,32-36,48H,4-5,10-11,14-21,24H2,(H2,45,59)(H,46,50)(H,47,56)(H,49,60)(H,51,57)(H,52,58)(H,53,62)(H,54,63)(H,55,61)/t32?,33?,34-,35?,36-/m0/s1. The molecule has 19 heteroatoms. The van der Waals surface area contributed by atoms with Crippen molar-refractivity contribution < 1.29 is 38.4 Å². The van der Waals surface area contributed by atoms with E-state index in [9.17, 15) is 38.4 Å². The van der Waals surface area contributed by atoms with Crippen LogP contribution in [0.25, 0.3) is 10.9 Å². The van der Waals surface area contributed by atoms with Gasteiger partial charge < -0.3 is 52.9 Å². The molecule has 1 aliphatic heterocycles. The van der Waals surface area contributed by atoms with Crippen molar-refractivity contribution >= 4 is 58.2 Å². The topological polar surface area (TPSA) is 291 Å². The second-order valence-electron chi connectivity index (χ2n) is 16.1. The van der Waals surface area contributed by atoms with Gasteiger partial charge in [-0.1, -0.05) is 61.4 Å². The van der Waals surface area contributed by atoms with Gasteiger partial charge in [0.2, 0.25) is 47.3 Å².